The molecule has 2 rings (SSSR count). The second-order valence-corrected chi connectivity index (χ2v) is 4.03. The van der Waals surface area contributed by atoms with Crippen LogP contribution in [0.4, 0.5) is 17.1 Å². The number of nitro benzene ring substituents is 1. The van der Waals surface area contributed by atoms with Crippen molar-refractivity contribution in [3.05, 3.63) is 64.2 Å². The smallest absolute Gasteiger partial charge is 0.270 e. The summed E-state index contributed by atoms with van der Waals surface area (Å²) in [7, 11) is 0. The van der Waals surface area contributed by atoms with E-state index in [9.17, 15) is 14.9 Å². The van der Waals surface area contributed by atoms with Crippen molar-refractivity contribution >= 4 is 22.8 Å². The molecular formula is C14H12N2O3. The molecule has 0 aliphatic carbocycles. The number of hydrogen-bond donors (Lipinski definition) is 1. The molecule has 0 spiro atoms. The highest BCUT2D eigenvalue weighted by Gasteiger charge is 2.13. The summed E-state index contributed by atoms with van der Waals surface area (Å²) in [6.07, 6.45) is 0. The predicted octanol–water partition coefficient (Wildman–Crippen LogP) is 3.54. The summed E-state index contributed by atoms with van der Waals surface area (Å²) in [5.74, 6) is -0.220. The molecule has 0 unspecified atom stereocenters. The van der Waals surface area contributed by atoms with E-state index in [0.717, 1.165) is 5.69 Å². The number of carbonyl (C=O) groups excluding carboxylic acids is 1. The van der Waals surface area contributed by atoms with Gasteiger partial charge in [0.2, 0.25) is 0 Å². The first-order valence-electron chi connectivity index (χ1n) is 5.69. The minimum absolute atomic E-state index is 0.0937. The standard InChI is InChI=1S/C14H12N2O3/c1-10(17)13-9-12(16(18)19)7-8-14(13)15-11-5-3-2-4-6-11/h2-9,15H,1H3. The zero-order chi connectivity index (χ0) is 13.8. The SMILES string of the molecule is CC(=O)c1cc([N+](=O)[O-])ccc1Nc1ccccc1. The third kappa shape index (κ3) is 2.95. The molecule has 0 aliphatic heterocycles. The van der Waals surface area contributed by atoms with E-state index in [1.165, 1.54) is 19.1 Å². The molecule has 0 saturated heterocycles. The van der Waals surface area contributed by atoms with Crippen LogP contribution in [0.5, 0.6) is 0 Å². The molecule has 0 aliphatic rings. The molecule has 0 amide bonds. The van der Waals surface area contributed by atoms with Gasteiger partial charge in [0.05, 0.1) is 4.92 Å². The van der Waals surface area contributed by atoms with Gasteiger partial charge in [0.25, 0.3) is 5.69 Å². The van der Waals surface area contributed by atoms with Gasteiger partial charge in [0, 0.05) is 29.1 Å². The third-order valence-corrected chi connectivity index (χ3v) is 2.65. The molecule has 96 valence electrons. The van der Waals surface area contributed by atoms with Crippen molar-refractivity contribution < 1.29 is 9.72 Å². The van der Waals surface area contributed by atoms with Crippen molar-refractivity contribution in [2.45, 2.75) is 6.92 Å². The number of rotatable bonds is 4. The molecule has 0 fully saturated rings. The van der Waals surface area contributed by atoms with Crippen LogP contribution in [-0.2, 0) is 0 Å². The molecule has 0 atom stereocenters. The van der Waals surface area contributed by atoms with Crippen LogP contribution in [0.15, 0.2) is 48.5 Å². The van der Waals surface area contributed by atoms with E-state index in [2.05, 4.69) is 5.32 Å². The van der Waals surface area contributed by atoms with Crippen LogP contribution in [0.25, 0.3) is 0 Å². The molecule has 0 aromatic heterocycles. The van der Waals surface area contributed by atoms with Gasteiger partial charge in [-0.15, -0.1) is 0 Å². The Kier molecular flexibility index (Phi) is 3.56. The maximum atomic E-state index is 11.6. The Morgan fingerprint density at radius 1 is 1.16 bits per heavy atom. The number of nitrogens with zero attached hydrogens (tertiary/aromatic N) is 1. The van der Waals surface area contributed by atoms with Gasteiger partial charge in [-0.1, -0.05) is 18.2 Å². The van der Waals surface area contributed by atoms with Crippen LogP contribution in [0.3, 0.4) is 0 Å². The molecule has 0 saturated carbocycles. The van der Waals surface area contributed by atoms with Gasteiger partial charge in [-0.25, -0.2) is 0 Å². The van der Waals surface area contributed by atoms with Crippen molar-refractivity contribution in [1.29, 1.82) is 0 Å². The van der Waals surface area contributed by atoms with E-state index in [1.807, 2.05) is 30.3 Å². The number of nitro groups is 1. The predicted molar refractivity (Wildman–Crippen MR) is 72.8 cm³/mol. The van der Waals surface area contributed by atoms with E-state index < -0.39 is 4.92 Å². The molecule has 0 heterocycles. The lowest BCUT2D eigenvalue weighted by atomic mass is 10.1. The van der Waals surface area contributed by atoms with Gasteiger partial charge in [-0.2, -0.15) is 0 Å². The number of ketones is 1. The number of Topliss-reactive ketones (excluding diaryl/α,β-unsaturated/α-hetero) is 1. The fourth-order valence-electron chi connectivity index (χ4n) is 1.72. The maximum Gasteiger partial charge on any atom is 0.270 e. The average molecular weight is 256 g/mol. The Balaban J connectivity index is 2.40. The first-order valence-corrected chi connectivity index (χ1v) is 5.69. The van der Waals surface area contributed by atoms with Crippen molar-refractivity contribution in [3.8, 4) is 0 Å². The highest BCUT2D eigenvalue weighted by Crippen LogP contribution is 2.25. The van der Waals surface area contributed by atoms with Crippen LogP contribution in [0.2, 0.25) is 0 Å². The maximum absolute atomic E-state index is 11.6. The van der Waals surface area contributed by atoms with Crippen molar-refractivity contribution in [2.75, 3.05) is 5.32 Å². The van der Waals surface area contributed by atoms with Crippen LogP contribution in [-0.4, -0.2) is 10.7 Å². The monoisotopic (exact) mass is 256 g/mol. The summed E-state index contributed by atoms with van der Waals surface area (Å²) in [6, 6.07) is 13.5. The average Bonchev–Trinajstić information content (AvgIpc) is 2.39. The van der Waals surface area contributed by atoms with Crippen LogP contribution >= 0.6 is 0 Å². The lowest BCUT2D eigenvalue weighted by molar-refractivity contribution is -0.384. The minimum atomic E-state index is -0.515. The Morgan fingerprint density at radius 2 is 1.84 bits per heavy atom. The molecule has 0 radical (unpaired) electrons. The summed E-state index contributed by atoms with van der Waals surface area (Å²) in [5, 5.41) is 13.8. The van der Waals surface area contributed by atoms with Gasteiger partial charge in [-0.3, -0.25) is 14.9 Å². The van der Waals surface area contributed by atoms with Crippen molar-refractivity contribution in [2.24, 2.45) is 0 Å². The lowest BCUT2D eigenvalue weighted by Crippen LogP contribution is -2.01. The summed E-state index contributed by atoms with van der Waals surface area (Å²) < 4.78 is 0. The van der Waals surface area contributed by atoms with Gasteiger partial charge < -0.3 is 5.32 Å². The highest BCUT2D eigenvalue weighted by molar-refractivity contribution is 6.00. The van der Waals surface area contributed by atoms with E-state index in [0.29, 0.717) is 11.3 Å². The molecule has 0 bridgehead atoms. The molecule has 2 aromatic carbocycles. The third-order valence-electron chi connectivity index (χ3n) is 2.65. The fourth-order valence-corrected chi connectivity index (χ4v) is 1.72. The van der Waals surface area contributed by atoms with E-state index >= 15 is 0 Å². The van der Waals surface area contributed by atoms with Gasteiger partial charge in [0.15, 0.2) is 5.78 Å². The molecule has 19 heavy (non-hydrogen) atoms. The van der Waals surface area contributed by atoms with Crippen LogP contribution < -0.4 is 5.32 Å². The number of para-hydroxylation sites is 1. The van der Waals surface area contributed by atoms with Crippen LogP contribution in [0.1, 0.15) is 17.3 Å². The molecule has 2 aromatic rings. The summed E-state index contributed by atoms with van der Waals surface area (Å²) >= 11 is 0. The molecule has 5 heteroatoms. The second kappa shape index (κ2) is 5.30. The summed E-state index contributed by atoms with van der Waals surface area (Å²) in [5.41, 5.74) is 1.59. The minimum Gasteiger partial charge on any atom is -0.355 e. The zero-order valence-corrected chi connectivity index (χ0v) is 10.3. The van der Waals surface area contributed by atoms with Gasteiger partial charge in [-0.05, 0) is 25.1 Å². The van der Waals surface area contributed by atoms with E-state index in [4.69, 9.17) is 0 Å². The largest absolute Gasteiger partial charge is 0.355 e. The summed E-state index contributed by atoms with van der Waals surface area (Å²) in [6.45, 7) is 1.38. The normalized spacial score (nSPS) is 9.95. The molecule has 1 N–H and O–H groups in total. The first-order chi connectivity index (χ1) is 9.08. The van der Waals surface area contributed by atoms with Crippen LogP contribution in [0, 0.1) is 10.1 Å². The number of carbonyl (C=O) groups is 1. The Morgan fingerprint density at radius 3 is 2.42 bits per heavy atom. The van der Waals surface area contributed by atoms with Crippen molar-refractivity contribution in [1.82, 2.24) is 0 Å². The Bertz CT molecular complexity index is 624. The Labute approximate surface area is 110 Å². The Hall–Kier alpha value is -2.69. The number of hydrogen-bond acceptors (Lipinski definition) is 4. The number of non-ortho nitro benzene ring substituents is 1. The van der Waals surface area contributed by atoms with E-state index in [-0.39, 0.29) is 11.5 Å². The second-order valence-electron chi connectivity index (χ2n) is 4.03. The van der Waals surface area contributed by atoms with E-state index in [1.54, 1.807) is 6.07 Å². The number of anilines is 2. The lowest BCUT2D eigenvalue weighted by Gasteiger charge is -2.10. The van der Waals surface area contributed by atoms with Gasteiger partial charge >= 0.3 is 0 Å². The topological polar surface area (TPSA) is 72.2 Å². The summed E-state index contributed by atoms with van der Waals surface area (Å²) in [4.78, 5) is 21.8. The molecule has 5 nitrogen and oxygen atoms in total. The number of nitrogens with one attached hydrogen (secondary N) is 1. The number of benzene rings is 2. The molecular weight excluding hydrogens is 244 g/mol. The van der Waals surface area contributed by atoms with Crippen molar-refractivity contribution in [3.63, 3.8) is 0 Å². The van der Waals surface area contributed by atoms with Gasteiger partial charge in [0.1, 0.15) is 0 Å². The highest BCUT2D eigenvalue weighted by atomic mass is 16.6. The first kappa shape index (κ1) is 12.8. The quantitative estimate of drug-likeness (QED) is 0.516. The fraction of sp³-hybridized carbons (Fsp3) is 0.0714. The zero-order valence-electron chi connectivity index (χ0n) is 10.3.